The second kappa shape index (κ2) is 27.0. The van der Waals surface area contributed by atoms with Gasteiger partial charge in [0.15, 0.2) is 116 Å². The van der Waals surface area contributed by atoms with Gasteiger partial charge in [0.25, 0.3) is 0 Å². The first-order valence-electron chi connectivity index (χ1n) is 19.6. The van der Waals surface area contributed by atoms with Gasteiger partial charge in [-0.3, -0.25) is 0 Å². The van der Waals surface area contributed by atoms with Crippen LogP contribution in [0.4, 0.5) is 87.8 Å². The summed E-state index contributed by atoms with van der Waals surface area (Å²) in [4.78, 5) is 0. The third-order valence-electron chi connectivity index (χ3n) is 9.41. The molecule has 0 atom stereocenters. The number of hydrogen-bond acceptors (Lipinski definition) is 8. The topological polar surface area (TPSA) is 162 Å². The Morgan fingerprint density at radius 1 is 0.200 bits per heavy atom. The van der Waals surface area contributed by atoms with Crippen molar-refractivity contribution in [3.8, 4) is 0 Å². The van der Waals surface area contributed by atoms with Crippen LogP contribution in [0.5, 0.6) is 0 Å². The molecule has 0 radical (unpaired) electrons. The maximum Gasteiger partial charge on any atom is 0.494 e. The number of hydrogen-bond donors (Lipinski definition) is 8. The van der Waals surface area contributed by atoms with Gasteiger partial charge in [-0.1, -0.05) is 91.0 Å². The standard InChI is InChI=1S/C19H16.4C6H2BF5O2/c1-4-10-16(11-5-1)19(17-12-6-2-7-13-17)18-14-8-3-9-15-18;4*8-2-1(7(13)14)3(9)5(11)6(12)4(2)10/h1-15,19H;4*13-14H. The fraction of sp³-hybridized carbons (Fsp3) is 0.0233. The summed E-state index contributed by atoms with van der Waals surface area (Å²) >= 11 is 0. The minimum absolute atomic E-state index is 0.309. The highest BCUT2D eigenvalue weighted by molar-refractivity contribution is 6.60. The predicted molar refractivity (Wildman–Crippen MR) is 225 cm³/mol. The summed E-state index contributed by atoms with van der Waals surface area (Å²) in [7, 11) is -11.1. The minimum Gasteiger partial charge on any atom is -0.423 e. The molecule has 0 unspecified atom stereocenters. The van der Waals surface area contributed by atoms with Crippen LogP contribution in [-0.4, -0.2) is 68.7 Å². The maximum absolute atomic E-state index is 12.6. The quantitative estimate of drug-likeness (QED) is 0.0360. The second-order valence-corrected chi connectivity index (χ2v) is 14.1. The first-order chi connectivity index (χ1) is 34.9. The first-order valence-corrected chi connectivity index (χ1v) is 19.6. The van der Waals surface area contributed by atoms with Crippen LogP contribution < -0.4 is 21.9 Å². The van der Waals surface area contributed by atoms with Gasteiger partial charge in [0.1, 0.15) is 0 Å². The van der Waals surface area contributed by atoms with Gasteiger partial charge in [0, 0.05) is 5.92 Å². The van der Waals surface area contributed by atoms with E-state index in [9.17, 15) is 87.8 Å². The number of rotatable bonds is 7. The lowest BCUT2D eigenvalue weighted by molar-refractivity contribution is 0.372. The molecule has 0 aliphatic heterocycles. The fourth-order valence-electron chi connectivity index (χ4n) is 5.91. The molecule has 0 fully saturated rings. The molecule has 75 heavy (non-hydrogen) atoms. The molecule has 0 bridgehead atoms. The zero-order chi connectivity index (χ0) is 57.1. The van der Waals surface area contributed by atoms with Crippen LogP contribution in [0.3, 0.4) is 0 Å². The van der Waals surface area contributed by atoms with E-state index in [1.54, 1.807) is 0 Å². The van der Waals surface area contributed by atoms with Gasteiger partial charge in [-0.2, -0.15) is 0 Å². The van der Waals surface area contributed by atoms with E-state index < -0.39 is 167 Å². The van der Waals surface area contributed by atoms with Crippen LogP contribution in [0, 0.1) is 116 Å². The Balaban J connectivity index is 0.000000249. The van der Waals surface area contributed by atoms with Crippen LogP contribution in [-0.2, 0) is 0 Å². The molecule has 8 nitrogen and oxygen atoms in total. The number of halogens is 20. The Morgan fingerprint density at radius 3 is 0.440 bits per heavy atom. The zero-order valence-corrected chi connectivity index (χ0v) is 36.2. The molecule has 0 saturated heterocycles. The van der Waals surface area contributed by atoms with Gasteiger partial charge in [0.05, 0.1) is 21.9 Å². The third-order valence-corrected chi connectivity index (χ3v) is 9.41. The van der Waals surface area contributed by atoms with Crippen molar-refractivity contribution in [2.24, 2.45) is 0 Å². The monoisotopic (exact) mass is 1090 g/mol. The van der Waals surface area contributed by atoms with Crippen LogP contribution in [0.25, 0.3) is 0 Å². The lowest BCUT2D eigenvalue weighted by Crippen LogP contribution is -2.38. The van der Waals surface area contributed by atoms with Crippen molar-refractivity contribution in [3.63, 3.8) is 0 Å². The summed E-state index contributed by atoms with van der Waals surface area (Å²) in [5.41, 5.74) is -2.66. The maximum atomic E-state index is 12.6. The van der Waals surface area contributed by atoms with Crippen molar-refractivity contribution in [1.29, 1.82) is 0 Å². The average Bonchev–Trinajstić information content (AvgIpc) is 3.37. The van der Waals surface area contributed by atoms with E-state index in [0.29, 0.717) is 5.92 Å². The number of benzene rings is 7. The average molecular weight is 1090 g/mol. The third kappa shape index (κ3) is 14.3. The van der Waals surface area contributed by atoms with Crippen LogP contribution >= 0.6 is 0 Å². The summed E-state index contributed by atoms with van der Waals surface area (Å²) in [6.07, 6.45) is 0. The highest BCUT2D eigenvalue weighted by Gasteiger charge is 2.35. The van der Waals surface area contributed by atoms with E-state index in [-0.39, 0.29) is 0 Å². The molecule has 32 heteroatoms. The molecule has 7 aromatic carbocycles. The molecular weight excluding hydrogens is 1070 g/mol. The molecule has 0 amide bonds. The Morgan fingerprint density at radius 2 is 0.320 bits per heavy atom. The molecule has 8 N–H and O–H groups in total. The smallest absolute Gasteiger partial charge is 0.423 e. The van der Waals surface area contributed by atoms with Crippen LogP contribution in [0.2, 0.25) is 0 Å². The SMILES string of the molecule is OB(O)c1c(F)c(F)c(F)c(F)c1F.OB(O)c1c(F)c(F)c(F)c(F)c1F.OB(O)c1c(F)c(F)c(F)c(F)c1F.OB(O)c1c(F)c(F)c(F)c(F)c1F.c1ccc(C(c2ccccc2)c2ccccc2)cc1. The Bertz CT molecular complexity index is 2600. The summed E-state index contributed by atoms with van der Waals surface area (Å²) in [5.74, 6) is -44.8. The van der Waals surface area contributed by atoms with Crippen molar-refractivity contribution < 1.29 is 128 Å². The molecule has 396 valence electrons. The summed E-state index contributed by atoms with van der Waals surface area (Å²) in [5, 5.41) is 66.8. The van der Waals surface area contributed by atoms with E-state index in [0.717, 1.165) is 0 Å². The second-order valence-electron chi connectivity index (χ2n) is 14.1. The Hall–Kier alpha value is -6.92. The van der Waals surface area contributed by atoms with Crippen molar-refractivity contribution in [3.05, 3.63) is 224 Å². The molecule has 7 aromatic rings. The summed E-state index contributed by atoms with van der Waals surface area (Å²) < 4.78 is 249. The lowest BCUT2D eigenvalue weighted by Gasteiger charge is -2.18. The van der Waals surface area contributed by atoms with E-state index in [1.165, 1.54) is 16.7 Å². The molecule has 0 aliphatic carbocycles. The highest BCUT2D eigenvalue weighted by atomic mass is 19.2. The van der Waals surface area contributed by atoms with Gasteiger partial charge in [-0.15, -0.1) is 0 Å². The molecular formula is C43H24B4F20O8. The van der Waals surface area contributed by atoms with Crippen molar-refractivity contribution in [2.45, 2.75) is 5.92 Å². The lowest BCUT2D eigenvalue weighted by atomic mass is 9.79. The largest absolute Gasteiger partial charge is 0.494 e. The molecule has 0 saturated carbocycles. The first kappa shape index (κ1) is 62.4. The predicted octanol–water partition coefficient (Wildman–Crippen LogP) is 5.11. The summed E-state index contributed by atoms with van der Waals surface area (Å²) in [6, 6.07) is 32.0. The van der Waals surface area contributed by atoms with Gasteiger partial charge < -0.3 is 40.2 Å². The normalized spacial score (nSPS) is 10.5. The molecule has 0 spiro atoms. The van der Waals surface area contributed by atoms with Crippen LogP contribution in [0.1, 0.15) is 22.6 Å². The van der Waals surface area contributed by atoms with Gasteiger partial charge in [-0.05, 0) is 16.7 Å². The van der Waals surface area contributed by atoms with E-state index in [1.807, 2.05) is 0 Å². The van der Waals surface area contributed by atoms with E-state index >= 15 is 0 Å². The van der Waals surface area contributed by atoms with Crippen molar-refractivity contribution >= 4 is 50.3 Å². The van der Waals surface area contributed by atoms with Gasteiger partial charge in [-0.25, -0.2) is 87.8 Å². The molecule has 0 aromatic heterocycles. The van der Waals surface area contributed by atoms with Gasteiger partial charge in [0.2, 0.25) is 0 Å². The Labute approximate surface area is 407 Å². The van der Waals surface area contributed by atoms with Crippen molar-refractivity contribution in [2.75, 3.05) is 0 Å². The van der Waals surface area contributed by atoms with Crippen molar-refractivity contribution in [1.82, 2.24) is 0 Å². The highest BCUT2D eigenvalue weighted by Crippen LogP contribution is 2.31. The minimum atomic E-state index is -2.76. The molecule has 0 heterocycles. The molecule has 0 aliphatic rings. The summed E-state index contributed by atoms with van der Waals surface area (Å²) in [6.45, 7) is 0. The van der Waals surface area contributed by atoms with E-state index in [2.05, 4.69) is 91.0 Å². The fourth-order valence-corrected chi connectivity index (χ4v) is 5.91. The van der Waals surface area contributed by atoms with Gasteiger partial charge >= 0.3 is 28.5 Å². The van der Waals surface area contributed by atoms with E-state index in [4.69, 9.17) is 40.2 Å². The van der Waals surface area contributed by atoms with Crippen LogP contribution in [0.15, 0.2) is 91.0 Å². The molecule has 7 rings (SSSR count). The Kier molecular flexibility index (Phi) is 22.5. The zero-order valence-electron chi connectivity index (χ0n) is 36.2.